The van der Waals surface area contributed by atoms with Gasteiger partial charge in [-0.15, -0.1) is 0 Å². The van der Waals surface area contributed by atoms with Gasteiger partial charge in [0.2, 0.25) is 5.91 Å². The summed E-state index contributed by atoms with van der Waals surface area (Å²) in [6.45, 7) is 3.68. The summed E-state index contributed by atoms with van der Waals surface area (Å²) in [5, 5.41) is 6.86. The van der Waals surface area contributed by atoms with Crippen LogP contribution in [0.25, 0.3) is 0 Å². The molecule has 5 heteroatoms. The van der Waals surface area contributed by atoms with E-state index in [-0.39, 0.29) is 11.9 Å². The molecule has 0 aliphatic heterocycles. The molecule has 1 aromatic heterocycles. The number of amides is 1. The first-order chi connectivity index (χ1) is 6.49. The van der Waals surface area contributed by atoms with Gasteiger partial charge in [-0.2, -0.15) is 5.10 Å². The van der Waals surface area contributed by atoms with Crippen LogP contribution in [-0.2, 0) is 11.8 Å². The van der Waals surface area contributed by atoms with Gasteiger partial charge in [-0.3, -0.25) is 9.48 Å². The fraction of sp³-hybridized carbons (Fsp3) is 0.556. The third-order valence-electron chi connectivity index (χ3n) is 1.78. The minimum absolute atomic E-state index is 0.0806. The minimum Gasteiger partial charge on any atom is -0.327 e. The van der Waals surface area contributed by atoms with Crippen molar-refractivity contribution in [2.45, 2.75) is 26.3 Å². The van der Waals surface area contributed by atoms with E-state index in [2.05, 4.69) is 10.4 Å². The summed E-state index contributed by atoms with van der Waals surface area (Å²) in [6, 6.07) is 1.70. The Morgan fingerprint density at radius 1 is 1.79 bits per heavy atom. The highest BCUT2D eigenvalue weighted by Gasteiger charge is 2.08. The van der Waals surface area contributed by atoms with Crippen molar-refractivity contribution in [3.63, 3.8) is 0 Å². The normalized spacial score (nSPS) is 12.6. The van der Waals surface area contributed by atoms with E-state index in [1.54, 1.807) is 18.7 Å². The van der Waals surface area contributed by atoms with E-state index in [1.165, 1.54) is 0 Å². The molecule has 0 bridgehead atoms. The van der Waals surface area contributed by atoms with Crippen LogP contribution in [0.1, 0.15) is 19.0 Å². The summed E-state index contributed by atoms with van der Waals surface area (Å²) >= 11 is 0. The van der Waals surface area contributed by atoms with Gasteiger partial charge in [0.25, 0.3) is 0 Å². The van der Waals surface area contributed by atoms with Crippen LogP contribution in [0.5, 0.6) is 0 Å². The summed E-state index contributed by atoms with van der Waals surface area (Å²) in [5.41, 5.74) is 6.39. The van der Waals surface area contributed by atoms with Crippen LogP contribution >= 0.6 is 0 Å². The predicted octanol–water partition coefficient (Wildman–Crippen LogP) is 0.404. The molecule has 0 aromatic carbocycles. The number of rotatable bonds is 3. The average molecular weight is 196 g/mol. The second kappa shape index (κ2) is 4.23. The number of anilines is 1. The molecule has 1 unspecified atom stereocenters. The van der Waals surface area contributed by atoms with E-state index in [0.717, 1.165) is 5.69 Å². The second-order valence-corrected chi connectivity index (χ2v) is 3.52. The van der Waals surface area contributed by atoms with Gasteiger partial charge in [-0.1, -0.05) is 0 Å². The zero-order valence-electron chi connectivity index (χ0n) is 8.74. The molecular weight excluding hydrogens is 180 g/mol. The number of nitrogens with two attached hydrogens (primary N) is 1. The Balaban J connectivity index is 2.60. The fourth-order valence-electron chi connectivity index (χ4n) is 1.21. The monoisotopic (exact) mass is 196 g/mol. The number of carbonyl (C=O) groups is 1. The number of hydrogen-bond donors (Lipinski definition) is 2. The molecule has 78 valence electrons. The number of nitrogens with one attached hydrogen (secondary N) is 1. The van der Waals surface area contributed by atoms with Gasteiger partial charge in [-0.05, 0) is 13.8 Å². The fourth-order valence-corrected chi connectivity index (χ4v) is 1.21. The van der Waals surface area contributed by atoms with E-state index in [0.29, 0.717) is 12.2 Å². The first-order valence-electron chi connectivity index (χ1n) is 4.55. The maximum absolute atomic E-state index is 11.4. The molecular formula is C9H16N4O. The number of aromatic nitrogens is 2. The highest BCUT2D eigenvalue weighted by atomic mass is 16.1. The Hall–Kier alpha value is -1.36. The Morgan fingerprint density at radius 3 is 2.86 bits per heavy atom. The lowest BCUT2D eigenvalue weighted by Gasteiger charge is -2.06. The molecule has 1 atom stereocenters. The van der Waals surface area contributed by atoms with Crippen LogP contribution in [-0.4, -0.2) is 21.7 Å². The Morgan fingerprint density at radius 2 is 2.43 bits per heavy atom. The molecule has 0 aliphatic rings. The van der Waals surface area contributed by atoms with Crippen molar-refractivity contribution in [3.8, 4) is 0 Å². The van der Waals surface area contributed by atoms with Crippen LogP contribution in [0.3, 0.4) is 0 Å². The third kappa shape index (κ3) is 2.85. The molecule has 1 aromatic rings. The third-order valence-corrected chi connectivity index (χ3v) is 1.78. The van der Waals surface area contributed by atoms with Gasteiger partial charge in [0, 0.05) is 25.6 Å². The first kappa shape index (κ1) is 10.7. The molecule has 1 amide bonds. The van der Waals surface area contributed by atoms with Crippen LogP contribution < -0.4 is 11.1 Å². The standard InChI is InChI=1S/C9H16N4O/c1-6(10)4-9(14)11-8-5-7(2)12-13(8)3/h5-6H,4,10H2,1-3H3,(H,11,14). The van der Waals surface area contributed by atoms with E-state index < -0.39 is 0 Å². The van der Waals surface area contributed by atoms with E-state index in [9.17, 15) is 4.79 Å². The zero-order valence-corrected chi connectivity index (χ0v) is 8.74. The highest BCUT2D eigenvalue weighted by Crippen LogP contribution is 2.08. The van der Waals surface area contributed by atoms with E-state index in [4.69, 9.17) is 5.73 Å². The van der Waals surface area contributed by atoms with Crippen LogP contribution in [0.4, 0.5) is 5.82 Å². The first-order valence-corrected chi connectivity index (χ1v) is 4.55. The molecule has 1 rings (SSSR count). The minimum atomic E-state index is -0.121. The molecule has 0 saturated heterocycles. The molecule has 0 fully saturated rings. The summed E-state index contributed by atoms with van der Waals surface area (Å²) < 4.78 is 1.63. The largest absolute Gasteiger partial charge is 0.327 e. The molecule has 3 N–H and O–H groups in total. The number of carbonyl (C=O) groups excluding carboxylic acids is 1. The van der Waals surface area contributed by atoms with Crippen molar-refractivity contribution in [2.75, 3.05) is 5.32 Å². The number of nitrogens with zero attached hydrogens (tertiary/aromatic N) is 2. The zero-order chi connectivity index (χ0) is 10.7. The van der Waals surface area contributed by atoms with Gasteiger partial charge in [0.15, 0.2) is 0 Å². The van der Waals surface area contributed by atoms with Gasteiger partial charge < -0.3 is 11.1 Å². The molecule has 0 radical (unpaired) electrons. The predicted molar refractivity (Wildman–Crippen MR) is 54.8 cm³/mol. The van der Waals surface area contributed by atoms with Gasteiger partial charge in [0.1, 0.15) is 5.82 Å². The van der Waals surface area contributed by atoms with E-state index in [1.807, 2.05) is 13.0 Å². The lowest BCUT2D eigenvalue weighted by atomic mass is 10.2. The summed E-state index contributed by atoms with van der Waals surface area (Å²) in [4.78, 5) is 11.4. The topological polar surface area (TPSA) is 72.9 Å². The Bertz CT molecular complexity index is 330. The Kier molecular flexibility index (Phi) is 3.24. The molecule has 0 aliphatic carbocycles. The lowest BCUT2D eigenvalue weighted by molar-refractivity contribution is -0.116. The molecule has 0 spiro atoms. The second-order valence-electron chi connectivity index (χ2n) is 3.52. The molecule has 14 heavy (non-hydrogen) atoms. The van der Waals surface area contributed by atoms with Crippen molar-refractivity contribution >= 4 is 11.7 Å². The smallest absolute Gasteiger partial charge is 0.227 e. The van der Waals surface area contributed by atoms with Crippen molar-refractivity contribution in [2.24, 2.45) is 12.8 Å². The van der Waals surface area contributed by atoms with Crippen molar-refractivity contribution < 1.29 is 4.79 Å². The van der Waals surface area contributed by atoms with Gasteiger partial charge in [-0.25, -0.2) is 0 Å². The van der Waals surface area contributed by atoms with Crippen molar-refractivity contribution in [1.29, 1.82) is 0 Å². The van der Waals surface area contributed by atoms with Crippen LogP contribution in [0, 0.1) is 6.92 Å². The Labute approximate surface area is 83.3 Å². The average Bonchev–Trinajstić information content (AvgIpc) is 2.28. The van der Waals surface area contributed by atoms with Gasteiger partial charge in [0.05, 0.1) is 5.69 Å². The lowest BCUT2D eigenvalue weighted by Crippen LogP contribution is -2.24. The maximum Gasteiger partial charge on any atom is 0.227 e. The number of aryl methyl sites for hydroxylation is 2. The van der Waals surface area contributed by atoms with Crippen molar-refractivity contribution in [3.05, 3.63) is 11.8 Å². The van der Waals surface area contributed by atoms with Gasteiger partial charge >= 0.3 is 0 Å². The van der Waals surface area contributed by atoms with Crippen LogP contribution in [0.15, 0.2) is 6.07 Å². The maximum atomic E-state index is 11.4. The number of hydrogen-bond acceptors (Lipinski definition) is 3. The highest BCUT2D eigenvalue weighted by molar-refractivity contribution is 5.90. The molecule has 0 saturated carbocycles. The van der Waals surface area contributed by atoms with Crippen molar-refractivity contribution in [1.82, 2.24) is 9.78 Å². The SMILES string of the molecule is Cc1cc(NC(=O)CC(C)N)n(C)n1. The summed E-state index contributed by atoms with van der Waals surface area (Å²) in [7, 11) is 1.79. The van der Waals surface area contributed by atoms with E-state index >= 15 is 0 Å². The molecule has 5 nitrogen and oxygen atoms in total. The summed E-state index contributed by atoms with van der Waals surface area (Å²) in [5.74, 6) is 0.621. The quantitative estimate of drug-likeness (QED) is 0.735. The molecule has 1 heterocycles. The van der Waals surface area contributed by atoms with Crippen LogP contribution in [0.2, 0.25) is 0 Å². The summed E-state index contributed by atoms with van der Waals surface area (Å²) in [6.07, 6.45) is 0.324.